The number of morpholine rings is 1. The predicted octanol–water partition coefficient (Wildman–Crippen LogP) is 2.25. The van der Waals surface area contributed by atoms with E-state index < -0.39 is 0 Å². The highest BCUT2D eigenvalue weighted by molar-refractivity contribution is 4.93. The lowest BCUT2D eigenvalue weighted by molar-refractivity contribution is -0.0788. The van der Waals surface area contributed by atoms with Gasteiger partial charge in [0.15, 0.2) is 0 Å². The molecule has 3 nitrogen and oxygen atoms in total. The molecule has 0 aromatic rings. The molecular weight excluding hydrogens is 224 g/mol. The molecule has 5 atom stereocenters. The first-order valence-corrected chi connectivity index (χ1v) is 7.62. The maximum Gasteiger partial charge on any atom is 0.0674 e. The Balaban J connectivity index is 2.04. The fourth-order valence-electron chi connectivity index (χ4n) is 3.58. The van der Waals surface area contributed by atoms with Crippen molar-refractivity contribution in [2.75, 3.05) is 13.2 Å². The Morgan fingerprint density at radius 3 is 2.61 bits per heavy atom. The zero-order valence-electron chi connectivity index (χ0n) is 12.4. The van der Waals surface area contributed by atoms with Crippen LogP contribution in [0.15, 0.2) is 0 Å². The summed E-state index contributed by atoms with van der Waals surface area (Å²) in [5.74, 6) is 1.63. The van der Waals surface area contributed by atoms with Crippen molar-refractivity contribution in [3.63, 3.8) is 0 Å². The minimum absolute atomic E-state index is 0.354. The number of hydrogen-bond donors (Lipinski definition) is 1. The molecule has 0 aromatic heterocycles. The summed E-state index contributed by atoms with van der Waals surface area (Å²) in [4.78, 5) is 2.62. The normalized spacial score (nSPS) is 43.3. The van der Waals surface area contributed by atoms with Gasteiger partial charge in [-0.05, 0) is 44.9 Å². The average Bonchev–Trinajstić information content (AvgIpc) is 2.33. The van der Waals surface area contributed by atoms with Gasteiger partial charge in [0.05, 0.1) is 12.7 Å². The Kier molecular flexibility index (Phi) is 4.68. The summed E-state index contributed by atoms with van der Waals surface area (Å²) in [6.07, 6.45) is 4.12. The van der Waals surface area contributed by atoms with Crippen molar-refractivity contribution in [2.24, 2.45) is 17.6 Å². The first kappa shape index (κ1) is 14.3. The molecule has 2 N–H and O–H groups in total. The Labute approximate surface area is 112 Å². The van der Waals surface area contributed by atoms with Crippen LogP contribution in [-0.2, 0) is 4.74 Å². The molecule has 0 radical (unpaired) electrons. The van der Waals surface area contributed by atoms with E-state index in [9.17, 15) is 0 Å². The van der Waals surface area contributed by atoms with Gasteiger partial charge < -0.3 is 10.5 Å². The molecule has 2 fully saturated rings. The molecule has 2 aliphatic rings. The van der Waals surface area contributed by atoms with Crippen LogP contribution in [-0.4, -0.2) is 42.3 Å². The summed E-state index contributed by atoms with van der Waals surface area (Å²) in [7, 11) is 0. The predicted molar refractivity (Wildman–Crippen MR) is 75.5 cm³/mol. The molecule has 1 aliphatic carbocycles. The van der Waals surface area contributed by atoms with Crippen LogP contribution < -0.4 is 5.73 Å². The summed E-state index contributed by atoms with van der Waals surface area (Å²) >= 11 is 0. The first-order valence-electron chi connectivity index (χ1n) is 7.62. The Morgan fingerprint density at radius 2 is 1.94 bits per heavy atom. The second-order valence-electron chi connectivity index (χ2n) is 6.74. The maximum absolute atomic E-state index is 6.40. The second kappa shape index (κ2) is 5.89. The van der Waals surface area contributed by atoms with E-state index in [0.717, 1.165) is 25.0 Å². The Morgan fingerprint density at radius 1 is 1.22 bits per heavy atom. The van der Waals surface area contributed by atoms with E-state index in [1.54, 1.807) is 0 Å². The molecule has 0 amide bonds. The monoisotopic (exact) mass is 254 g/mol. The van der Waals surface area contributed by atoms with Gasteiger partial charge in [0.2, 0.25) is 0 Å². The van der Waals surface area contributed by atoms with E-state index >= 15 is 0 Å². The third kappa shape index (κ3) is 3.06. The van der Waals surface area contributed by atoms with Gasteiger partial charge in [-0.3, -0.25) is 4.90 Å². The van der Waals surface area contributed by atoms with Crippen LogP contribution in [0, 0.1) is 11.8 Å². The van der Waals surface area contributed by atoms with Crippen LogP contribution in [0.25, 0.3) is 0 Å². The van der Waals surface area contributed by atoms with Gasteiger partial charge in [-0.25, -0.2) is 0 Å². The van der Waals surface area contributed by atoms with Crippen molar-refractivity contribution < 1.29 is 4.74 Å². The largest absolute Gasteiger partial charge is 0.376 e. The molecule has 0 aromatic carbocycles. The summed E-state index contributed by atoms with van der Waals surface area (Å²) in [6, 6.07) is 1.43. The highest BCUT2D eigenvalue weighted by Crippen LogP contribution is 2.33. The molecule has 0 spiro atoms. The van der Waals surface area contributed by atoms with Gasteiger partial charge in [-0.2, -0.15) is 0 Å². The number of nitrogens with two attached hydrogens (primary N) is 1. The molecule has 2 rings (SSSR count). The van der Waals surface area contributed by atoms with Crippen LogP contribution in [0.2, 0.25) is 0 Å². The lowest BCUT2D eigenvalue weighted by Crippen LogP contribution is -2.59. The average molecular weight is 254 g/mol. The second-order valence-corrected chi connectivity index (χ2v) is 6.74. The molecule has 106 valence electrons. The number of rotatable bonds is 2. The first-order chi connectivity index (χ1) is 8.49. The van der Waals surface area contributed by atoms with Crippen molar-refractivity contribution >= 4 is 0 Å². The molecule has 1 saturated carbocycles. The van der Waals surface area contributed by atoms with Crippen LogP contribution in [0.1, 0.15) is 47.0 Å². The van der Waals surface area contributed by atoms with E-state index in [0.29, 0.717) is 24.2 Å². The van der Waals surface area contributed by atoms with Crippen molar-refractivity contribution in [3.8, 4) is 0 Å². The van der Waals surface area contributed by atoms with Crippen molar-refractivity contribution in [1.29, 1.82) is 0 Å². The van der Waals surface area contributed by atoms with E-state index in [2.05, 4.69) is 32.6 Å². The SMILES string of the molecule is CC1CN(C2CC(C(C)C)CCC2N)C(C)CO1. The standard InChI is InChI=1S/C15H30N2O/c1-10(2)13-5-6-14(16)15(7-13)17-8-12(4)18-9-11(17)3/h10-15H,5-9,16H2,1-4H3. The van der Waals surface area contributed by atoms with Gasteiger partial charge in [0.25, 0.3) is 0 Å². The van der Waals surface area contributed by atoms with Gasteiger partial charge in [0.1, 0.15) is 0 Å². The fraction of sp³-hybridized carbons (Fsp3) is 1.00. The number of ether oxygens (including phenoxy) is 1. The lowest BCUT2D eigenvalue weighted by Gasteiger charge is -2.48. The summed E-state index contributed by atoms with van der Waals surface area (Å²) < 4.78 is 5.74. The van der Waals surface area contributed by atoms with Crippen LogP contribution in [0.4, 0.5) is 0 Å². The lowest BCUT2D eigenvalue weighted by atomic mass is 9.76. The molecule has 1 aliphatic heterocycles. The minimum atomic E-state index is 0.354. The highest BCUT2D eigenvalue weighted by atomic mass is 16.5. The van der Waals surface area contributed by atoms with Gasteiger partial charge >= 0.3 is 0 Å². The minimum Gasteiger partial charge on any atom is -0.376 e. The zero-order chi connectivity index (χ0) is 13.3. The van der Waals surface area contributed by atoms with Crippen LogP contribution >= 0.6 is 0 Å². The van der Waals surface area contributed by atoms with Gasteiger partial charge in [-0.1, -0.05) is 13.8 Å². The fourth-order valence-corrected chi connectivity index (χ4v) is 3.58. The smallest absolute Gasteiger partial charge is 0.0674 e. The highest BCUT2D eigenvalue weighted by Gasteiger charge is 2.37. The van der Waals surface area contributed by atoms with Gasteiger partial charge in [0, 0.05) is 24.7 Å². The Hall–Kier alpha value is -0.120. The quantitative estimate of drug-likeness (QED) is 0.821. The molecule has 1 saturated heterocycles. The third-order valence-electron chi connectivity index (χ3n) is 4.93. The van der Waals surface area contributed by atoms with E-state index in [1.165, 1.54) is 19.3 Å². The van der Waals surface area contributed by atoms with Crippen LogP contribution in [0.5, 0.6) is 0 Å². The summed E-state index contributed by atoms with van der Waals surface area (Å²) in [5.41, 5.74) is 6.40. The molecule has 5 unspecified atom stereocenters. The maximum atomic E-state index is 6.40. The third-order valence-corrected chi connectivity index (χ3v) is 4.93. The number of nitrogens with zero attached hydrogens (tertiary/aromatic N) is 1. The van der Waals surface area contributed by atoms with Crippen molar-refractivity contribution in [2.45, 2.75) is 71.2 Å². The molecule has 3 heteroatoms. The zero-order valence-corrected chi connectivity index (χ0v) is 12.4. The van der Waals surface area contributed by atoms with E-state index in [-0.39, 0.29) is 0 Å². The molecule has 0 bridgehead atoms. The van der Waals surface area contributed by atoms with Crippen LogP contribution in [0.3, 0.4) is 0 Å². The van der Waals surface area contributed by atoms with E-state index in [4.69, 9.17) is 10.5 Å². The topological polar surface area (TPSA) is 38.5 Å². The molecule has 1 heterocycles. The molecular formula is C15H30N2O. The van der Waals surface area contributed by atoms with Crippen molar-refractivity contribution in [1.82, 2.24) is 4.90 Å². The summed E-state index contributed by atoms with van der Waals surface area (Å²) in [6.45, 7) is 11.1. The number of hydrogen-bond acceptors (Lipinski definition) is 3. The Bertz CT molecular complexity index is 269. The van der Waals surface area contributed by atoms with Gasteiger partial charge in [-0.15, -0.1) is 0 Å². The summed E-state index contributed by atoms with van der Waals surface area (Å²) in [5, 5.41) is 0. The van der Waals surface area contributed by atoms with Crippen molar-refractivity contribution in [3.05, 3.63) is 0 Å². The van der Waals surface area contributed by atoms with E-state index in [1.807, 2.05) is 0 Å². The molecule has 18 heavy (non-hydrogen) atoms.